The van der Waals surface area contributed by atoms with Gasteiger partial charge in [-0.25, -0.2) is 4.39 Å². The SMILES string of the molecule is O=C(CN1CCCC1c1ccccc1)NCCc1ccc(F)cc1. The first-order chi connectivity index (χ1) is 11.7. The molecule has 0 aliphatic carbocycles. The third-order valence-electron chi connectivity index (χ3n) is 4.54. The lowest BCUT2D eigenvalue weighted by molar-refractivity contribution is -0.122. The summed E-state index contributed by atoms with van der Waals surface area (Å²) in [5.41, 5.74) is 2.31. The van der Waals surface area contributed by atoms with E-state index >= 15 is 0 Å². The molecule has 0 bridgehead atoms. The molecule has 1 amide bonds. The zero-order chi connectivity index (χ0) is 16.8. The number of benzene rings is 2. The third kappa shape index (κ3) is 4.42. The lowest BCUT2D eigenvalue weighted by Gasteiger charge is -2.24. The molecule has 0 aromatic heterocycles. The Hall–Kier alpha value is -2.20. The van der Waals surface area contributed by atoms with Crippen molar-refractivity contribution in [1.29, 1.82) is 0 Å². The van der Waals surface area contributed by atoms with Crippen molar-refractivity contribution in [3.8, 4) is 0 Å². The van der Waals surface area contributed by atoms with Crippen molar-refractivity contribution < 1.29 is 9.18 Å². The van der Waals surface area contributed by atoms with Crippen LogP contribution in [0.15, 0.2) is 54.6 Å². The fraction of sp³-hybridized carbons (Fsp3) is 0.350. The van der Waals surface area contributed by atoms with Gasteiger partial charge in [-0.3, -0.25) is 9.69 Å². The second-order valence-corrected chi connectivity index (χ2v) is 6.27. The van der Waals surface area contributed by atoms with Crippen LogP contribution < -0.4 is 5.32 Å². The highest BCUT2D eigenvalue weighted by Crippen LogP contribution is 2.31. The number of halogens is 1. The monoisotopic (exact) mass is 326 g/mol. The van der Waals surface area contributed by atoms with Gasteiger partial charge in [-0.15, -0.1) is 0 Å². The number of hydrogen-bond acceptors (Lipinski definition) is 2. The van der Waals surface area contributed by atoms with E-state index in [4.69, 9.17) is 0 Å². The Balaban J connectivity index is 1.46. The van der Waals surface area contributed by atoms with Crippen molar-refractivity contribution in [2.45, 2.75) is 25.3 Å². The predicted octanol–water partition coefficient (Wildman–Crippen LogP) is 3.32. The highest BCUT2D eigenvalue weighted by molar-refractivity contribution is 5.78. The number of rotatable bonds is 6. The summed E-state index contributed by atoms with van der Waals surface area (Å²) in [6.07, 6.45) is 2.95. The second kappa shape index (κ2) is 8.06. The van der Waals surface area contributed by atoms with E-state index in [1.54, 1.807) is 12.1 Å². The van der Waals surface area contributed by atoms with Gasteiger partial charge in [0.1, 0.15) is 5.82 Å². The lowest BCUT2D eigenvalue weighted by Crippen LogP contribution is -2.37. The Bertz CT molecular complexity index is 657. The van der Waals surface area contributed by atoms with Gasteiger partial charge in [-0.1, -0.05) is 42.5 Å². The van der Waals surface area contributed by atoms with Gasteiger partial charge in [-0.2, -0.15) is 0 Å². The van der Waals surface area contributed by atoms with E-state index in [2.05, 4.69) is 34.5 Å². The summed E-state index contributed by atoms with van der Waals surface area (Å²) in [4.78, 5) is 14.5. The Kier molecular flexibility index (Phi) is 5.59. The highest BCUT2D eigenvalue weighted by atomic mass is 19.1. The summed E-state index contributed by atoms with van der Waals surface area (Å²) in [7, 11) is 0. The van der Waals surface area contributed by atoms with Gasteiger partial charge in [0.15, 0.2) is 0 Å². The highest BCUT2D eigenvalue weighted by Gasteiger charge is 2.27. The maximum absolute atomic E-state index is 12.9. The molecule has 1 N–H and O–H groups in total. The normalized spacial score (nSPS) is 17.8. The molecule has 1 fully saturated rings. The van der Waals surface area contributed by atoms with Crippen molar-refractivity contribution in [1.82, 2.24) is 10.2 Å². The van der Waals surface area contributed by atoms with Gasteiger partial charge in [0.25, 0.3) is 0 Å². The third-order valence-corrected chi connectivity index (χ3v) is 4.54. The zero-order valence-electron chi connectivity index (χ0n) is 13.7. The fourth-order valence-corrected chi connectivity index (χ4v) is 3.31. The Morgan fingerprint density at radius 3 is 2.62 bits per heavy atom. The number of nitrogens with zero attached hydrogens (tertiary/aromatic N) is 1. The molecule has 1 unspecified atom stereocenters. The van der Waals surface area contributed by atoms with Gasteiger partial charge in [0.05, 0.1) is 6.54 Å². The van der Waals surface area contributed by atoms with Crippen LogP contribution in [0.25, 0.3) is 0 Å². The van der Waals surface area contributed by atoms with Gasteiger partial charge >= 0.3 is 0 Å². The molecule has 0 spiro atoms. The molecule has 1 aliphatic rings. The van der Waals surface area contributed by atoms with E-state index in [0.29, 0.717) is 25.6 Å². The molecule has 3 rings (SSSR count). The van der Waals surface area contributed by atoms with Gasteiger partial charge in [0.2, 0.25) is 5.91 Å². The summed E-state index contributed by atoms with van der Waals surface area (Å²) < 4.78 is 12.9. The van der Waals surface area contributed by atoms with Crippen LogP contribution in [0, 0.1) is 5.82 Å². The number of nitrogens with one attached hydrogen (secondary N) is 1. The van der Waals surface area contributed by atoms with Crippen LogP contribution in [0.2, 0.25) is 0 Å². The number of amides is 1. The first-order valence-electron chi connectivity index (χ1n) is 8.52. The van der Waals surface area contributed by atoms with E-state index in [1.165, 1.54) is 17.7 Å². The van der Waals surface area contributed by atoms with E-state index in [0.717, 1.165) is 24.9 Å². The van der Waals surface area contributed by atoms with E-state index in [-0.39, 0.29) is 11.7 Å². The summed E-state index contributed by atoms with van der Waals surface area (Å²) in [5, 5.41) is 2.97. The molecule has 126 valence electrons. The smallest absolute Gasteiger partial charge is 0.234 e. The van der Waals surface area contributed by atoms with Crippen molar-refractivity contribution in [3.63, 3.8) is 0 Å². The maximum atomic E-state index is 12.9. The summed E-state index contributed by atoms with van der Waals surface area (Å²) in [5.74, 6) is -0.177. The summed E-state index contributed by atoms with van der Waals surface area (Å²) >= 11 is 0. The minimum absolute atomic E-state index is 0.0555. The number of likely N-dealkylation sites (tertiary alicyclic amines) is 1. The summed E-state index contributed by atoms with van der Waals surface area (Å²) in [6.45, 7) is 1.97. The number of carbonyl (C=O) groups is 1. The molecule has 1 heterocycles. The first kappa shape index (κ1) is 16.7. The Morgan fingerprint density at radius 1 is 1.12 bits per heavy atom. The molecule has 0 saturated carbocycles. The Morgan fingerprint density at radius 2 is 1.88 bits per heavy atom. The molecule has 24 heavy (non-hydrogen) atoms. The van der Waals surface area contributed by atoms with Gasteiger partial charge in [0, 0.05) is 12.6 Å². The van der Waals surface area contributed by atoms with Gasteiger partial charge in [-0.05, 0) is 49.1 Å². The lowest BCUT2D eigenvalue weighted by atomic mass is 10.0. The van der Waals surface area contributed by atoms with Crippen molar-refractivity contribution in [3.05, 3.63) is 71.5 Å². The largest absolute Gasteiger partial charge is 0.355 e. The molecule has 1 aliphatic heterocycles. The van der Waals surface area contributed by atoms with Crippen molar-refractivity contribution in [2.75, 3.05) is 19.6 Å². The molecule has 1 atom stereocenters. The average Bonchev–Trinajstić information content (AvgIpc) is 3.05. The second-order valence-electron chi connectivity index (χ2n) is 6.27. The minimum atomic E-state index is -0.233. The van der Waals surface area contributed by atoms with Crippen LogP contribution in [-0.2, 0) is 11.2 Å². The van der Waals surface area contributed by atoms with Crippen LogP contribution in [0.3, 0.4) is 0 Å². The topological polar surface area (TPSA) is 32.3 Å². The molecule has 4 heteroatoms. The molecule has 3 nitrogen and oxygen atoms in total. The first-order valence-corrected chi connectivity index (χ1v) is 8.52. The van der Waals surface area contributed by atoms with Gasteiger partial charge < -0.3 is 5.32 Å². The van der Waals surface area contributed by atoms with Crippen LogP contribution in [0.5, 0.6) is 0 Å². The molecule has 2 aromatic rings. The standard InChI is InChI=1S/C20H23FN2O/c21-18-10-8-16(9-11-18)12-13-22-20(24)15-23-14-4-7-19(23)17-5-2-1-3-6-17/h1-3,5-6,8-11,19H,4,7,12-15H2,(H,22,24). The average molecular weight is 326 g/mol. The molecule has 0 radical (unpaired) electrons. The molecular weight excluding hydrogens is 303 g/mol. The van der Waals surface area contributed by atoms with E-state index < -0.39 is 0 Å². The van der Waals surface area contributed by atoms with Crippen molar-refractivity contribution in [2.24, 2.45) is 0 Å². The predicted molar refractivity (Wildman–Crippen MR) is 93.1 cm³/mol. The molecule has 2 aromatic carbocycles. The minimum Gasteiger partial charge on any atom is -0.355 e. The summed E-state index contributed by atoms with van der Waals surface area (Å²) in [6, 6.07) is 17.1. The zero-order valence-corrected chi connectivity index (χ0v) is 13.7. The van der Waals surface area contributed by atoms with E-state index in [9.17, 15) is 9.18 Å². The molecule has 1 saturated heterocycles. The Labute approximate surface area is 142 Å². The number of carbonyl (C=O) groups excluding carboxylic acids is 1. The quantitative estimate of drug-likeness (QED) is 0.883. The molecular formula is C20H23FN2O. The fourth-order valence-electron chi connectivity index (χ4n) is 3.31. The van der Waals surface area contributed by atoms with Crippen molar-refractivity contribution >= 4 is 5.91 Å². The maximum Gasteiger partial charge on any atom is 0.234 e. The number of hydrogen-bond donors (Lipinski definition) is 1. The van der Waals surface area contributed by atoms with E-state index in [1.807, 2.05) is 6.07 Å². The van der Waals surface area contributed by atoms with Crippen LogP contribution in [-0.4, -0.2) is 30.4 Å². The van der Waals surface area contributed by atoms with Crippen LogP contribution >= 0.6 is 0 Å². The van der Waals surface area contributed by atoms with Crippen LogP contribution in [0.4, 0.5) is 4.39 Å². The van der Waals surface area contributed by atoms with Crippen LogP contribution in [0.1, 0.15) is 30.0 Å².